The number of amides is 1. The normalized spacial score (nSPS) is 16.8. The molecule has 1 amide bonds. The molecule has 172 valence electrons. The molecule has 0 radical (unpaired) electrons. The molecule has 0 aliphatic carbocycles. The van der Waals surface area contributed by atoms with Crippen LogP contribution in [0.3, 0.4) is 0 Å². The van der Waals surface area contributed by atoms with Crippen molar-refractivity contribution in [3.8, 4) is 5.75 Å². The minimum absolute atomic E-state index is 0.0140. The number of carbonyl (C=O) groups is 1. The number of nitrogens with one attached hydrogen (secondary N) is 2. The van der Waals surface area contributed by atoms with Crippen LogP contribution in [-0.2, 0) is 14.8 Å². The number of anilines is 1. The van der Waals surface area contributed by atoms with E-state index in [1.807, 2.05) is 6.92 Å². The SMILES string of the molecule is CCCCC(N=C1NS(=O)(=O)c2ccccc21)C(=O)Nc1ccc(OCC(F)(F)F)cc1. The first-order valence-corrected chi connectivity index (χ1v) is 11.4. The smallest absolute Gasteiger partial charge is 0.422 e. The van der Waals surface area contributed by atoms with Gasteiger partial charge in [-0.3, -0.25) is 14.5 Å². The van der Waals surface area contributed by atoms with Crippen molar-refractivity contribution in [1.29, 1.82) is 0 Å². The summed E-state index contributed by atoms with van der Waals surface area (Å²) in [6.45, 7) is 0.544. The van der Waals surface area contributed by atoms with Gasteiger partial charge in [-0.25, -0.2) is 8.42 Å². The largest absolute Gasteiger partial charge is 0.484 e. The summed E-state index contributed by atoms with van der Waals surface area (Å²) < 4.78 is 68.4. The van der Waals surface area contributed by atoms with E-state index in [-0.39, 0.29) is 16.5 Å². The molecule has 0 aromatic heterocycles. The lowest BCUT2D eigenvalue weighted by atomic mass is 10.1. The molecule has 1 aliphatic heterocycles. The van der Waals surface area contributed by atoms with E-state index in [2.05, 4.69) is 19.8 Å². The molecule has 1 unspecified atom stereocenters. The number of benzene rings is 2. The monoisotopic (exact) mass is 469 g/mol. The van der Waals surface area contributed by atoms with E-state index in [9.17, 15) is 26.4 Å². The van der Waals surface area contributed by atoms with Crippen molar-refractivity contribution in [3.05, 3.63) is 54.1 Å². The zero-order valence-corrected chi connectivity index (χ0v) is 18.0. The minimum Gasteiger partial charge on any atom is -0.484 e. The lowest BCUT2D eigenvalue weighted by Gasteiger charge is -2.14. The molecule has 2 aromatic rings. The molecule has 0 spiro atoms. The Bertz CT molecular complexity index is 1100. The van der Waals surface area contributed by atoms with Gasteiger partial charge in [-0.1, -0.05) is 31.9 Å². The highest BCUT2D eigenvalue weighted by Crippen LogP contribution is 2.24. The molecule has 1 atom stereocenters. The highest BCUT2D eigenvalue weighted by Gasteiger charge is 2.32. The van der Waals surface area contributed by atoms with E-state index < -0.39 is 34.8 Å². The molecule has 0 saturated carbocycles. The van der Waals surface area contributed by atoms with Gasteiger partial charge >= 0.3 is 6.18 Å². The van der Waals surface area contributed by atoms with Crippen molar-refractivity contribution in [2.45, 2.75) is 43.3 Å². The number of amidine groups is 1. The van der Waals surface area contributed by atoms with E-state index in [1.54, 1.807) is 18.2 Å². The van der Waals surface area contributed by atoms with Gasteiger partial charge in [0.15, 0.2) is 6.61 Å². The molecule has 32 heavy (non-hydrogen) atoms. The number of ether oxygens (including phenoxy) is 1. The van der Waals surface area contributed by atoms with Crippen LogP contribution in [0.2, 0.25) is 0 Å². The van der Waals surface area contributed by atoms with Crippen molar-refractivity contribution in [2.75, 3.05) is 11.9 Å². The number of aliphatic imine (C=N–C) groups is 1. The van der Waals surface area contributed by atoms with Gasteiger partial charge in [0.1, 0.15) is 17.6 Å². The summed E-state index contributed by atoms with van der Waals surface area (Å²) in [5, 5.41) is 2.67. The molecule has 11 heteroatoms. The van der Waals surface area contributed by atoms with E-state index >= 15 is 0 Å². The van der Waals surface area contributed by atoms with Crippen molar-refractivity contribution in [2.24, 2.45) is 4.99 Å². The summed E-state index contributed by atoms with van der Waals surface area (Å²) in [6, 6.07) is 11.0. The number of hydrogen-bond acceptors (Lipinski definition) is 5. The fraction of sp³-hybridized carbons (Fsp3) is 0.333. The summed E-state index contributed by atoms with van der Waals surface area (Å²) in [5.41, 5.74) is 0.747. The number of hydrogen-bond donors (Lipinski definition) is 2. The number of halogens is 3. The molecular weight excluding hydrogens is 447 g/mol. The number of fused-ring (bicyclic) bond motifs is 1. The Kier molecular flexibility index (Phi) is 7.07. The van der Waals surface area contributed by atoms with Gasteiger partial charge in [0.2, 0.25) is 5.91 Å². The molecule has 7 nitrogen and oxygen atoms in total. The standard InChI is InChI=1S/C21H22F3N3O4S/c1-2-3-7-17(26-19-16-6-4-5-8-18(16)32(29,30)27-19)20(28)25-14-9-11-15(12-10-14)31-13-21(22,23)24/h4-6,8-12,17H,2-3,7,13H2,1H3,(H,25,28)(H,26,27). The van der Waals surface area contributed by atoms with Crippen LogP contribution in [0.5, 0.6) is 5.75 Å². The third-order valence-corrected chi connectivity index (χ3v) is 6.00. The van der Waals surface area contributed by atoms with Gasteiger partial charge in [-0.15, -0.1) is 0 Å². The Labute approximate surface area is 183 Å². The summed E-state index contributed by atoms with van der Waals surface area (Å²) in [4.78, 5) is 17.3. The summed E-state index contributed by atoms with van der Waals surface area (Å²) >= 11 is 0. The molecular formula is C21H22F3N3O4S. The maximum atomic E-state index is 12.8. The maximum Gasteiger partial charge on any atom is 0.422 e. The molecule has 2 N–H and O–H groups in total. The third kappa shape index (κ3) is 6.00. The van der Waals surface area contributed by atoms with Crippen LogP contribution in [0.25, 0.3) is 0 Å². The van der Waals surface area contributed by atoms with E-state index in [4.69, 9.17) is 0 Å². The van der Waals surface area contributed by atoms with Crippen LogP contribution in [-0.4, -0.2) is 39.0 Å². The quantitative estimate of drug-likeness (QED) is 0.614. The molecule has 1 aliphatic rings. The van der Waals surface area contributed by atoms with E-state index in [1.165, 1.54) is 30.3 Å². The first-order chi connectivity index (χ1) is 15.1. The van der Waals surface area contributed by atoms with Crippen LogP contribution < -0.4 is 14.8 Å². The average molecular weight is 469 g/mol. The predicted molar refractivity (Wildman–Crippen MR) is 113 cm³/mol. The van der Waals surface area contributed by atoms with Crippen LogP contribution >= 0.6 is 0 Å². The van der Waals surface area contributed by atoms with Gasteiger partial charge < -0.3 is 10.1 Å². The molecule has 0 bridgehead atoms. The molecule has 0 fully saturated rings. The predicted octanol–water partition coefficient (Wildman–Crippen LogP) is 3.86. The third-order valence-electron chi connectivity index (χ3n) is 4.61. The van der Waals surface area contributed by atoms with E-state index in [0.717, 1.165) is 6.42 Å². The number of carbonyl (C=O) groups excluding carboxylic acids is 1. The first kappa shape index (κ1) is 23.6. The second-order valence-corrected chi connectivity index (χ2v) is 8.81. The first-order valence-electron chi connectivity index (χ1n) is 9.89. The molecule has 2 aromatic carbocycles. The number of sulfonamides is 1. The Morgan fingerprint density at radius 1 is 1.16 bits per heavy atom. The highest BCUT2D eigenvalue weighted by atomic mass is 32.2. The fourth-order valence-electron chi connectivity index (χ4n) is 3.06. The van der Waals surface area contributed by atoms with Crippen molar-refractivity contribution in [1.82, 2.24) is 4.72 Å². The zero-order chi connectivity index (χ0) is 23.4. The van der Waals surface area contributed by atoms with Gasteiger partial charge in [-0.05, 0) is 42.8 Å². The van der Waals surface area contributed by atoms with Crippen LogP contribution in [0.15, 0.2) is 58.4 Å². The number of rotatable bonds is 8. The van der Waals surface area contributed by atoms with Crippen LogP contribution in [0.1, 0.15) is 31.7 Å². The minimum atomic E-state index is -4.45. The molecule has 1 heterocycles. The summed E-state index contributed by atoms with van der Waals surface area (Å²) in [6.07, 6.45) is -2.56. The fourth-order valence-corrected chi connectivity index (χ4v) is 4.30. The molecule has 0 saturated heterocycles. The van der Waals surface area contributed by atoms with Gasteiger partial charge in [0, 0.05) is 11.3 Å². The average Bonchev–Trinajstić information content (AvgIpc) is 3.00. The Morgan fingerprint density at radius 2 is 1.84 bits per heavy atom. The van der Waals surface area contributed by atoms with Crippen LogP contribution in [0.4, 0.5) is 18.9 Å². The van der Waals surface area contributed by atoms with Crippen molar-refractivity contribution >= 4 is 27.5 Å². The Morgan fingerprint density at radius 3 is 2.50 bits per heavy atom. The Hall–Kier alpha value is -3.08. The van der Waals surface area contributed by atoms with Gasteiger partial charge in [-0.2, -0.15) is 13.2 Å². The second kappa shape index (κ2) is 9.60. The maximum absolute atomic E-state index is 12.8. The highest BCUT2D eigenvalue weighted by molar-refractivity contribution is 7.90. The lowest BCUT2D eigenvalue weighted by molar-refractivity contribution is -0.153. The van der Waals surface area contributed by atoms with Gasteiger partial charge in [0.25, 0.3) is 10.0 Å². The number of unbranched alkanes of at least 4 members (excludes halogenated alkanes) is 1. The zero-order valence-electron chi connectivity index (χ0n) is 17.1. The van der Waals surface area contributed by atoms with Crippen LogP contribution in [0, 0.1) is 0 Å². The topological polar surface area (TPSA) is 96.9 Å². The van der Waals surface area contributed by atoms with E-state index in [0.29, 0.717) is 24.1 Å². The van der Waals surface area contributed by atoms with Crippen molar-refractivity contribution in [3.63, 3.8) is 0 Å². The Balaban J connectivity index is 1.75. The lowest BCUT2D eigenvalue weighted by Crippen LogP contribution is -2.30. The number of nitrogens with zero attached hydrogens (tertiary/aromatic N) is 1. The van der Waals surface area contributed by atoms with Gasteiger partial charge in [0.05, 0.1) is 4.90 Å². The summed E-state index contributed by atoms with van der Waals surface area (Å²) in [5.74, 6) is -0.341. The van der Waals surface area contributed by atoms with Crippen molar-refractivity contribution < 1.29 is 31.1 Å². The molecule has 3 rings (SSSR count). The number of alkyl halides is 3. The summed E-state index contributed by atoms with van der Waals surface area (Å²) in [7, 11) is -3.73. The second-order valence-electron chi connectivity index (χ2n) is 7.15.